The first-order valence-corrected chi connectivity index (χ1v) is 10.9. The van der Waals surface area contributed by atoms with Gasteiger partial charge in [0.15, 0.2) is 0 Å². The third kappa shape index (κ3) is 5.58. The van der Waals surface area contributed by atoms with Crippen LogP contribution in [0.2, 0.25) is 0 Å². The molecule has 1 aliphatic rings. The second kappa shape index (κ2) is 10.5. The predicted molar refractivity (Wildman–Crippen MR) is 132 cm³/mol. The topological polar surface area (TPSA) is 42.0 Å². The van der Waals surface area contributed by atoms with E-state index in [0.29, 0.717) is 0 Å². The lowest BCUT2D eigenvalue weighted by molar-refractivity contribution is -0.117. The van der Waals surface area contributed by atoms with Crippen molar-refractivity contribution in [2.45, 2.75) is 34.1 Å². The highest BCUT2D eigenvalue weighted by Crippen LogP contribution is 2.22. The normalized spacial score (nSPS) is 14.5. The molecule has 0 saturated carbocycles. The quantitative estimate of drug-likeness (QED) is 0.522. The van der Waals surface area contributed by atoms with Gasteiger partial charge in [-0.05, 0) is 78.1 Å². The number of hydrogen-bond acceptors (Lipinski definition) is 2. The Hall–Kier alpha value is -3.46. The number of pyridine rings is 1. The molecule has 0 bridgehead atoms. The van der Waals surface area contributed by atoms with Gasteiger partial charge < -0.3 is 5.32 Å². The lowest BCUT2D eigenvalue weighted by Crippen LogP contribution is -2.30. The van der Waals surface area contributed by atoms with Crippen LogP contribution in [0.4, 0.5) is 0 Å². The molecular formula is C28H30N2O. The smallest absolute Gasteiger partial charge is 0.251 e. The lowest BCUT2D eigenvalue weighted by Gasteiger charge is -2.16. The van der Waals surface area contributed by atoms with Gasteiger partial charge in [0.1, 0.15) is 0 Å². The highest BCUT2D eigenvalue weighted by atomic mass is 16.1. The van der Waals surface area contributed by atoms with Crippen molar-refractivity contribution in [2.24, 2.45) is 0 Å². The molecule has 1 amide bonds. The second-order valence-electron chi connectivity index (χ2n) is 7.44. The molecule has 2 aromatic carbocycles. The summed E-state index contributed by atoms with van der Waals surface area (Å²) in [6.45, 7) is 8.79. The molecule has 31 heavy (non-hydrogen) atoms. The van der Waals surface area contributed by atoms with Gasteiger partial charge in [-0.2, -0.15) is 0 Å². The number of allylic oxidation sites excluding steroid dienone is 1. The van der Waals surface area contributed by atoms with Crippen LogP contribution >= 0.6 is 0 Å². The van der Waals surface area contributed by atoms with Crippen LogP contribution in [-0.4, -0.2) is 17.4 Å². The number of nitrogens with zero attached hydrogens (tertiary/aromatic N) is 1. The molecule has 0 atom stereocenters. The van der Waals surface area contributed by atoms with Crippen molar-refractivity contribution in [2.75, 3.05) is 6.54 Å². The minimum absolute atomic E-state index is 0.0126. The minimum Gasteiger partial charge on any atom is -0.352 e. The molecule has 3 heteroatoms. The number of amides is 1. The molecule has 1 N–H and O–H groups in total. The summed E-state index contributed by atoms with van der Waals surface area (Å²) in [7, 11) is 0. The van der Waals surface area contributed by atoms with Crippen molar-refractivity contribution in [3.05, 3.63) is 94.8 Å². The minimum atomic E-state index is 0.0126. The summed E-state index contributed by atoms with van der Waals surface area (Å²) in [5.41, 5.74) is 6.07. The highest BCUT2D eigenvalue weighted by Gasteiger charge is 2.15. The van der Waals surface area contributed by atoms with Crippen molar-refractivity contribution in [3.63, 3.8) is 0 Å². The number of fused-ring (bicyclic) bond motifs is 1. The average Bonchev–Trinajstić information content (AvgIpc) is 2.81. The third-order valence-electron chi connectivity index (χ3n) is 5.31. The van der Waals surface area contributed by atoms with Gasteiger partial charge >= 0.3 is 0 Å². The lowest BCUT2D eigenvalue weighted by atomic mass is 9.97. The van der Waals surface area contributed by atoms with Gasteiger partial charge in [-0.25, -0.2) is 0 Å². The molecule has 0 aliphatic carbocycles. The fraction of sp³-hybridized carbons (Fsp3) is 0.214. The number of hydrogen-bond donors (Lipinski definition) is 1. The summed E-state index contributed by atoms with van der Waals surface area (Å²) in [5, 5.41) is 5.38. The van der Waals surface area contributed by atoms with Crippen LogP contribution in [-0.2, 0) is 4.79 Å². The van der Waals surface area contributed by atoms with E-state index < -0.39 is 0 Å². The van der Waals surface area contributed by atoms with Crippen molar-refractivity contribution in [1.82, 2.24) is 10.3 Å². The Balaban J connectivity index is 0.00000132. The first-order chi connectivity index (χ1) is 15.1. The van der Waals surface area contributed by atoms with Gasteiger partial charge in [0.25, 0.3) is 5.91 Å². The number of nitrogens with one attached hydrogen (secondary N) is 1. The molecule has 2 heterocycles. The largest absolute Gasteiger partial charge is 0.352 e. The third-order valence-corrected chi connectivity index (χ3v) is 5.31. The van der Waals surface area contributed by atoms with Crippen molar-refractivity contribution < 1.29 is 4.79 Å². The predicted octanol–water partition coefficient (Wildman–Crippen LogP) is 6.67. The second-order valence-corrected chi connectivity index (χ2v) is 7.44. The summed E-state index contributed by atoms with van der Waals surface area (Å²) < 4.78 is 0. The van der Waals surface area contributed by atoms with E-state index in [1.54, 1.807) is 0 Å². The van der Waals surface area contributed by atoms with Crippen LogP contribution in [0.3, 0.4) is 0 Å². The Bertz CT molecular complexity index is 1170. The van der Waals surface area contributed by atoms with Gasteiger partial charge in [0.05, 0.1) is 5.69 Å². The Morgan fingerprint density at radius 1 is 1.00 bits per heavy atom. The molecule has 4 rings (SSSR count). The van der Waals surface area contributed by atoms with Crippen molar-refractivity contribution in [3.8, 4) is 0 Å². The van der Waals surface area contributed by atoms with Crippen LogP contribution in [0.25, 0.3) is 28.5 Å². The summed E-state index contributed by atoms with van der Waals surface area (Å²) in [5.74, 6) is 0.0126. The van der Waals surface area contributed by atoms with E-state index in [1.807, 2.05) is 52.1 Å². The van der Waals surface area contributed by atoms with E-state index in [4.69, 9.17) is 0 Å². The SMILES string of the molecule is CC.CC1=C(/C=C(\C)c2ccnc(/C=C/c3ccc4ccccc4c3)c2)C(=O)NCC1. The van der Waals surface area contributed by atoms with Crippen LogP contribution in [0.5, 0.6) is 0 Å². The molecule has 1 aromatic heterocycles. The molecule has 0 unspecified atom stereocenters. The maximum Gasteiger partial charge on any atom is 0.251 e. The maximum absolute atomic E-state index is 12.2. The molecule has 158 valence electrons. The number of aromatic nitrogens is 1. The highest BCUT2D eigenvalue weighted by molar-refractivity contribution is 5.99. The van der Waals surface area contributed by atoms with Gasteiger partial charge in [0, 0.05) is 18.3 Å². The van der Waals surface area contributed by atoms with Crippen LogP contribution < -0.4 is 5.32 Å². The van der Waals surface area contributed by atoms with E-state index in [9.17, 15) is 4.79 Å². The summed E-state index contributed by atoms with van der Waals surface area (Å²) in [4.78, 5) is 16.6. The van der Waals surface area contributed by atoms with Crippen molar-refractivity contribution >= 4 is 34.4 Å². The molecule has 1 aliphatic heterocycles. The van der Waals surface area contributed by atoms with E-state index >= 15 is 0 Å². The van der Waals surface area contributed by atoms with E-state index in [2.05, 4.69) is 64.9 Å². The van der Waals surface area contributed by atoms with Crippen LogP contribution in [0, 0.1) is 0 Å². The first kappa shape index (κ1) is 22.2. The van der Waals surface area contributed by atoms with Crippen LogP contribution in [0.15, 0.2) is 78.0 Å². The number of benzene rings is 2. The molecule has 3 nitrogen and oxygen atoms in total. The Morgan fingerprint density at radius 3 is 2.55 bits per heavy atom. The van der Waals surface area contributed by atoms with Gasteiger partial charge in [0.2, 0.25) is 0 Å². The summed E-state index contributed by atoms with van der Waals surface area (Å²) in [6, 6.07) is 18.8. The molecular weight excluding hydrogens is 380 g/mol. The Morgan fingerprint density at radius 2 is 1.77 bits per heavy atom. The Labute approximate surface area is 185 Å². The zero-order chi connectivity index (χ0) is 22.2. The fourth-order valence-electron chi connectivity index (χ4n) is 3.55. The van der Waals surface area contributed by atoms with Gasteiger partial charge in [-0.1, -0.05) is 61.9 Å². The van der Waals surface area contributed by atoms with Crippen molar-refractivity contribution in [1.29, 1.82) is 0 Å². The Kier molecular flexibility index (Phi) is 7.55. The zero-order valence-corrected chi connectivity index (χ0v) is 18.8. The molecule has 0 fully saturated rings. The molecule has 0 saturated heterocycles. The first-order valence-electron chi connectivity index (χ1n) is 10.9. The molecule has 3 aromatic rings. The van der Waals surface area contributed by atoms with Gasteiger partial charge in [-0.3, -0.25) is 9.78 Å². The van der Waals surface area contributed by atoms with E-state index in [1.165, 1.54) is 10.8 Å². The fourth-order valence-corrected chi connectivity index (χ4v) is 3.55. The van der Waals surface area contributed by atoms with Gasteiger partial charge in [-0.15, -0.1) is 0 Å². The number of carbonyl (C=O) groups excluding carboxylic acids is 1. The van der Waals surface area contributed by atoms with Crippen LogP contribution in [0.1, 0.15) is 50.9 Å². The summed E-state index contributed by atoms with van der Waals surface area (Å²) in [6.07, 6.45) is 8.81. The average molecular weight is 411 g/mol. The zero-order valence-electron chi connectivity index (χ0n) is 18.8. The number of carbonyl (C=O) groups is 1. The molecule has 0 radical (unpaired) electrons. The molecule has 0 spiro atoms. The monoisotopic (exact) mass is 410 g/mol. The number of rotatable bonds is 4. The van der Waals surface area contributed by atoms with E-state index in [-0.39, 0.29) is 5.91 Å². The summed E-state index contributed by atoms with van der Waals surface area (Å²) >= 11 is 0. The van der Waals surface area contributed by atoms with E-state index in [0.717, 1.165) is 46.5 Å². The maximum atomic E-state index is 12.2. The standard InChI is InChI=1S/C26H24N2O.C2H6/c1-18-11-13-28-26(29)25(18)15-19(2)22-12-14-27-24(17-22)10-8-20-7-9-21-5-3-4-6-23(21)16-20;1-2/h3-10,12,14-17H,11,13H2,1-2H3,(H,28,29);1-2H3/b10-8+,19-15+;.